The van der Waals surface area contributed by atoms with Gasteiger partial charge in [0.05, 0.1) is 0 Å². The second kappa shape index (κ2) is 10.3. The average Bonchev–Trinajstić information content (AvgIpc) is 3.25. The number of carbonyl (C=O) groups is 2. The van der Waals surface area contributed by atoms with Gasteiger partial charge in [-0.1, -0.05) is 54.1 Å². The van der Waals surface area contributed by atoms with Crippen molar-refractivity contribution >= 4 is 23.5 Å². The Morgan fingerprint density at radius 2 is 1.90 bits per heavy atom. The number of halogens is 1. The third-order valence-electron chi connectivity index (χ3n) is 4.20. The molecule has 0 spiro atoms. The molecule has 150 valence electrons. The highest BCUT2D eigenvalue weighted by Gasteiger charge is 2.24. The number of hydrogen-bond donors (Lipinski definition) is 1. The molecule has 29 heavy (non-hydrogen) atoms. The van der Waals surface area contributed by atoms with Gasteiger partial charge in [-0.2, -0.15) is 0 Å². The summed E-state index contributed by atoms with van der Waals surface area (Å²) in [6.07, 6.45) is 2.32. The molecule has 0 aliphatic heterocycles. The van der Waals surface area contributed by atoms with Crippen LogP contribution in [0.1, 0.15) is 17.2 Å². The summed E-state index contributed by atoms with van der Waals surface area (Å²) in [5.41, 5.74) is 1.94. The van der Waals surface area contributed by atoms with Crippen molar-refractivity contribution in [2.75, 3.05) is 13.2 Å². The Hall–Kier alpha value is -3.26. The molecule has 0 saturated heterocycles. The van der Waals surface area contributed by atoms with Crippen LogP contribution in [0.15, 0.2) is 60.9 Å². The van der Waals surface area contributed by atoms with E-state index in [-0.39, 0.29) is 12.5 Å². The zero-order valence-corrected chi connectivity index (χ0v) is 16.3. The van der Waals surface area contributed by atoms with E-state index < -0.39 is 12.0 Å². The van der Waals surface area contributed by atoms with Crippen LogP contribution >= 0.6 is 11.6 Å². The third kappa shape index (κ3) is 6.39. The molecule has 2 aromatic carbocycles. The molecule has 0 aliphatic rings. The van der Waals surface area contributed by atoms with Crippen molar-refractivity contribution in [1.29, 1.82) is 0 Å². The standard InChI is InChI=1S/C20H20ClN5O3/c21-17-8-4-7-16(11-17)9-10-22-19(27)13-29-20(28)18(26-14-23-24-25-26)12-15-5-2-1-3-6-15/h1-8,11,14,18H,9-10,12-13H2,(H,22,27)/t18-/m1/s1. The zero-order valence-electron chi connectivity index (χ0n) is 15.6. The van der Waals surface area contributed by atoms with E-state index in [4.69, 9.17) is 16.3 Å². The molecule has 0 fully saturated rings. The molecule has 1 N–H and O–H groups in total. The molecule has 0 unspecified atom stereocenters. The number of rotatable bonds is 9. The van der Waals surface area contributed by atoms with Gasteiger partial charge in [-0.15, -0.1) is 5.10 Å². The van der Waals surface area contributed by atoms with Gasteiger partial charge in [0.25, 0.3) is 5.91 Å². The van der Waals surface area contributed by atoms with Gasteiger partial charge < -0.3 is 10.1 Å². The maximum Gasteiger partial charge on any atom is 0.331 e. The molecule has 1 heterocycles. The predicted molar refractivity (Wildman–Crippen MR) is 106 cm³/mol. The smallest absolute Gasteiger partial charge is 0.331 e. The van der Waals surface area contributed by atoms with Crippen LogP contribution in [0, 0.1) is 0 Å². The van der Waals surface area contributed by atoms with Gasteiger partial charge in [0.2, 0.25) is 0 Å². The number of esters is 1. The summed E-state index contributed by atoms with van der Waals surface area (Å²) in [6, 6.07) is 16.1. The maximum absolute atomic E-state index is 12.5. The first-order chi connectivity index (χ1) is 14.1. The number of ether oxygens (including phenoxy) is 1. The molecular weight excluding hydrogens is 394 g/mol. The lowest BCUT2D eigenvalue weighted by Gasteiger charge is -2.15. The fraction of sp³-hybridized carbons (Fsp3) is 0.250. The highest BCUT2D eigenvalue weighted by molar-refractivity contribution is 6.30. The highest BCUT2D eigenvalue weighted by Crippen LogP contribution is 2.15. The molecule has 0 aliphatic carbocycles. The number of tetrazole rings is 1. The van der Waals surface area contributed by atoms with Crippen molar-refractivity contribution in [3.63, 3.8) is 0 Å². The summed E-state index contributed by atoms with van der Waals surface area (Å²) >= 11 is 5.94. The summed E-state index contributed by atoms with van der Waals surface area (Å²) in [4.78, 5) is 24.6. The van der Waals surface area contributed by atoms with Gasteiger partial charge in [0, 0.05) is 18.0 Å². The number of nitrogens with one attached hydrogen (secondary N) is 1. The van der Waals surface area contributed by atoms with Crippen LogP contribution in [0.5, 0.6) is 0 Å². The number of amides is 1. The summed E-state index contributed by atoms with van der Waals surface area (Å²) in [5.74, 6) is -0.957. The molecule has 0 saturated carbocycles. The summed E-state index contributed by atoms with van der Waals surface area (Å²) in [6.45, 7) is 0.0406. The van der Waals surface area contributed by atoms with Gasteiger partial charge >= 0.3 is 5.97 Å². The van der Waals surface area contributed by atoms with Gasteiger partial charge in [-0.25, -0.2) is 9.48 Å². The quantitative estimate of drug-likeness (QED) is 0.539. The van der Waals surface area contributed by atoms with Gasteiger partial charge in [-0.3, -0.25) is 4.79 Å². The lowest BCUT2D eigenvalue weighted by Crippen LogP contribution is -2.33. The van der Waals surface area contributed by atoms with Crippen molar-refractivity contribution in [2.24, 2.45) is 0 Å². The van der Waals surface area contributed by atoms with Crippen molar-refractivity contribution in [1.82, 2.24) is 25.5 Å². The average molecular weight is 414 g/mol. The second-order valence-electron chi connectivity index (χ2n) is 6.33. The van der Waals surface area contributed by atoms with E-state index in [0.29, 0.717) is 24.4 Å². The van der Waals surface area contributed by atoms with Crippen molar-refractivity contribution < 1.29 is 14.3 Å². The van der Waals surface area contributed by atoms with E-state index in [1.165, 1.54) is 11.0 Å². The van der Waals surface area contributed by atoms with E-state index in [9.17, 15) is 9.59 Å². The Labute approximate surface area is 172 Å². The molecule has 1 aromatic heterocycles. The van der Waals surface area contributed by atoms with E-state index in [1.54, 1.807) is 6.07 Å². The Bertz CT molecular complexity index is 934. The topological polar surface area (TPSA) is 99.0 Å². The second-order valence-corrected chi connectivity index (χ2v) is 6.77. The first-order valence-electron chi connectivity index (χ1n) is 9.06. The Morgan fingerprint density at radius 1 is 1.10 bits per heavy atom. The van der Waals surface area contributed by atoms with Crippen LogP contribution in [0.25, 0.3) is 0 Å². The number of aromatic nitrogens is 4. The lowest BCUT2D eigenvalue weighted by atomic mass is 10.1. The number of nitrogens with zero attached hydrogens (tertiary/aromatic N) is 4. The van der Waals surface area contributed by atoms with Crippen LogP contribution in [-0.4, -0.2) is 45.2 Å². The Morgan fingerprint density at radius 3 is 2.62 bits per heavy atom. The van der Waals surface area contributed by atoms with E-state index in [0.717, 1.165) is 11.1 Å². The van der Waals surface area contributed by atoms with Crippen molar-refractivity contribution in [3.8, 4) is 0 Å². The molecule has 8 nitrogen and oxygen atoms in total. The highest BCUT2D eigenvalue weighted by atomic mass is 35.5. The molecule has 0 radical (unpaired) electrons. The molecule has 0 bridgehead atoms. The zero-order chi connectivity index (χ0) is 20.5. The lowest BCUT2D eigenvalue weighted by molar-refractivity contribution is -0.152. The number of carbonyl (C=O) groups excluding carboxylic acids is 2. The van der Waals surface area contributed by atoms with Crippen LogP contribution in [0.2, 0.25) is 5.02 Å². The van der Waals surface area contributed by atoms with Crippen LogP contribution < -0.4 is 5.32 Å². The minimum atomic E-state index is -0.758. The number of benzene rings is 2. The minimum Gasteiger partial charge on any atom is -0.454 e. The summed E-state index contributed by atoms with van der Waals surface area (Å²) in [5, 5.41) is 14.3. The van der Waals surface area contributed by atoms with Gasteiger partial charge in [0.1, 0.15) is 6.33 Å². The first kappa shape index (κ1) is 20.5. The fourth-order valence-corrected chi connectivity index (χ4v) is 2.97. The summed E-state index contributed by atoms with van der Waals surface area (Å²) < 4.78 is 6.52. The largest absolute Gasteiger partial charge is 0.454 e. The van der Waals surface area contributed by atoms with Crippen molar-refractivity contribution in [2.45, 2.75) is 18.9 Å². The van der Waals surface area contributed by atoms with Crippen LogP contribution in [-0.2, 0) is 27.2 Å². The minimum absolute atomic E-state index is 0.348. The van der Waals surface area contributed by atoms with Crippen LogP contribution in [0.3, 0.4) is 0 Å². The molecular formula is C20H20ClN5O3. The molecule has 3 rings (SSSR count). The molecule has 9 heteroatoms. The van der Waals surface area contributed by atoms with Crippen LogP contribution in [0.4, 0.5) is 0 Å². The molecule has 3 aromatic rings. The van der Waals surface area contributed by atoms with E-state index in [1.807, 2.05) is 48.5 Å². The Kier molecular flexibility index (Phi) is 7.29. The molecule has 1 amide bonds. The first-order valence-corrected chi connectivity index (χ1v) is 9.44. The maximum atomic E-state index is 12.5. The third-order valence-corrected chi connectivity index (χ3v) is 4.43. The monoisotopic (exact) mass is 413 g/mol. The molecule has 1 atom stereocenters. The van der Waals surface area contributed by atoms with E-state index >= 15 is 0 Å². The fourth-order valence-electron chi connectivity index (χ4n) is 2.76. The van der Waals surface area contributed by atoms with Gasteiger partial charge in [-0.05, 0) is 40.1 Å². The Balaban J connectivity index is 1.49. The normalized spacial score (nSPS) is 11.6. The summed E-state index contributed by atoms with van der Waals surface area (Å²) in [7, 11) is 0. The SMILES string of the molecule is O=C(COC(=O)[C@@H](Cc1ccccc1)n1cnnn1)NCCc1cccc(Cl)c1. The van der Waals surface area contributed by atoms with Crippen molar-refractivity contribution in [3.05, 3.63) is 77.1 Å². The van der Waals surface area contributed by atoms with E-state index in [2.05, 4.69) is 20.8 Å². The number of hydrogen-bond acceptors (Lipinski definition) is 6. The van der Waals surface area contributed by atoms with Gasteiger partial charge in [0.15, 0.2) is 12.6 Å². The predicted octanol–water partition coefficient (Wildman–Crippen LogP) is 2.01.